The standard InChI is InChI=1S/C29H33N5O/c1-21(2)32-16-18-33(19-17-32)26-10-8-25(9-11-26)31-27-12-13-28(34-15-14-30-29(27)34)24-6-4-23(5-7-24)20-22(3)35/h4-15,21,31H,16-20H2,1-3H3. The van der Waals surface area contributed by atoms with Crippen molar-refractivity contribution in [1.82, 2.24) is 14.3 Å². The number of benzene rings is 2. The summed E-state index contributed by atoms with van der Waals surface area (Å²) >= 11 is 0. The van der Waals surface area contributed by atoms with Gasteiger partial charge in [-0.2, -0.15) is 0 Å². The van der Waals surface area contributed by atoms with E-state index in [0.29, 0.717) is 12.5 Å². The third kappa shape index (κ3) is 5.08. The van der Waals surface area contributed by atoms with Crippen molar-refractivity contribution in [1.29, 1.82) is 0 Å². The van der Waals surface area contributed by atoms with Crippen molar-refractivity contribution in [2.75, 3.05) is 36.4 Å². The van der Waals surface area contributed by atoms with E-state index in [1.807, 2.05) is 24.5 Å². The number of imidazole rings is 1. The Hall–Kier alpha value is -3.64. The number of nitrogens with zero attached hydrogens (tertiary/aromatic N) is 4. The van der Waals surface area contributed by atoms with Gasteiger partial charge in [0.05, 0.1) is 11.4 Å². The highest BCUT2D eigenvalue weighted by Gasteiger charge is 2.19. The number of hydrogen-bond donors (Lipinski definition) is 1. The summed E-state index contributed by atoms with van der Waals surface area (Å²) in [4.78, 5) is 21.0. The molecule has 35 heavy (non-hydrogen) atoms. The van der Waals surface area contributed by atoms with E-state index in [2.05, 4.69) is 86.9 Å². The molecule has 5 rings (SSSR count). The normalized spacial score (nSPS) is 14.6. The van der Waals surface area contributed by atoms with Crippen molar-refractivity contribution in [3.63, 3.8) is 0 Å². The van der Waals surface area contributed by atoms with Crippen molar-refractivity contribution >= 4 is 28.5 Å². The zero-order valence-corrected chi connectivity index (χ0v) is 20.7. The van der Waals surface area contributed by atoms with E-state index in [1.54, 1.807) is 6.92 Å². The van der Waals surface area contributed by atoms with Gasteiger partial charge in [0.2, 0.25) is 0 Å². The Morgan fingerprint density at radius 1 is 0.943 bits per heavy atom. The fourth-order valence-corrected chi connectivity index (χ4v) is 4.84. The van der Waals surface area contributed by atoms with E-state index < -0.39 is 0 Å². The van der Waals surface area contributed by atoms with Crippen molar-refractivity contribution in [3.05, 3.63) is 78.6 Å². The molecule has 0 saturated carbocycles. The molecule has 0 radical (unpaired) electrons. The lowest BCUT2D eigenvalue weighted by atomic mass is 10.0. The summed E-state index contributed by atoms with van der Waals surface area (Å²) in [5, 5.41) is 3.55. The molecule has 6 nitrogen and oxygen atoms in total. The lowest BCUT2D eigenvalue weighted by Gasteiger charge is -2.38. The van der Waals surface area contributed by atoms with Gasteiger partial charge in [0, 0.05) is 62.4 Å². The quantitative estimate of drug-likeness (QED) is 0.394. The van der Waals surface area contributed by atoms with Crippen LogP contribution in [0.3, 0.4) is 0 Å². The molecule has 1 fully saturated rings. The smallest absolute Gasteiger partial charge is 0.161 e. The predicted molar refractivity (Wildman–Crippen MR) is 144 cm³/mol. The number of hydrogen-bond acceptors (Lipinski definition) is 5. The van der Waals surface area contributed by atoms with Crippen LogP contribution >= 0.6 is 0 Å². The molecule has 2 aromatic carbocycles. The molecule has 4 aromatic rings. The molecule has 0 atom stereocenters. The molecule has 0 aliphatic carbocycles. The fourth-order valence-electron chi connectivity index (χ4n) is 4.84. The Morgan fingerprint density at radius 2 is 1.66 bits per heavy atom. The number of carbonyl (C=O) groups excluding carboxylic acids is 1. The van der Waals surface area contributed by atoms with Crippen LogP contribution in [0.1, 0.15) is 26.3 Å². The van der Waals surface area contributed by atoms with Crippen molar-refractivity contribution < 1.29 is 4.79 Å². The Labute approximate surface area is 207 Å². The van der Waals surface area contributed by atoms with Crippen molar-refractivity contribution in [2.45, 2.75) is 33.2 Å². The summed E-state index contributed by atoms with van der Waals surface area (Å²) in [6.07, 6.45) is 4.28. The van der Waals surface area contributed by atoms with Gasteiger partial charge in [-0.1, -0.05) is 24.3 Å². The minimum atomic E-state index is 0.173. The van der Waals surface area contributed by atoms with Crippen LogP contribution in [-0.2, 0) is 11.2 Å². The molecule has 0 bridgehead atoms. The third-order valence-electron chi connectivity index (χ3n) is 6.81. The number of fused-ring (bicyclic) bond motifs is 1. The van der Waals surface area contributed by atoms with Crippen LogP contribution in [-0.4, -0.2) is 52.3 Å². The Bertz CT molecular complexity index is 1300. The molecule has 1 aliphatic rings. The van der Waals surface area contributed by atoms with Crippen LogP contribution in [0.2, 0.25) is 0 Å². The molecule has 1 aliphatic heterocycles. The average Bonchev–Trinajstić information content (AvgIpc) is 3.36. The lowest BCUT2D eigenvalue weighted by Crippen LogP contribution is -2.48. The number of aromatic nitrogens is 2. The first kappa shape index (κ1) is 23.1. The van der Waals surface area contributed by atoms with Gasteiger partial charge in [-0.05, 0) is 68.3 Å². The first-order chi connectivity index (χ1) is 17.0. The van der Waals surface area contributed by atoms with Crippen LogP contribution in [0.25, 0.3) is 16.9 Å². The van der Waals surface area contributed by atoms with Crippen molar-refractivity contribution in [3.8, 4) is 11.3 Å². The highest BCUT2D eigenvalue weighted by Crippen LogP contribution is 2.29. The number of nitrogens with one attached hydrogen (secondary N) is 1. The molecular weight excluding hydrogens is 434 g/mol. The number of anilines is 3. The molecule has 1 N–H and O–H groups in total. The van der Waals surface area contributed by atoms with E-state index in [4.69, 9.17) is 0 Å². The van der Waals surface area contributed by atoms with Gasteiger partial charge in [-0.15, -0.1) is 0 Å². The Balaban J connectivity index is 1.32. The summed E-state index contributed by atoms with van der Waals surface area (Å²) in [6.45, 7) is 10.5. The maximum absolute atomic E-state index is 11.4. The number of piperazine rings is 1. The molecule has 0 unspecified atom stereocenters. The van der Waals surface area contributed by atoms with Gasteiger partial charge >= 0.3 is 0 Å². The van der Waals surface area contributed by atoms with E-state index in [9.17, 15) is 4.79 Å². The van der Waals surface area contributed by atoms with Gasteiger partial charge in [-0.3, -0.25) is 14.1 Å². The molecule has 6 heteroatoms. The van der Waals surface area contributed by atoms with Crippen LogP contribution in [0, 0.1) is 0 Å². The summed E-state index contributed by atoms with van der Waals surface area (Å²) in [6, 6.07) is 21.7. The summed E-state index contributed by atoms with van der Waals surface area (Å²) in [5.74, 6) is 0.173. The monoisotopic (exact) mass is 467 g/mol. The molecular formula is C29H33N5O. The number of rotatable bonds is 7. The van der Waals surface area contributed by atoms with E-state index in [0.717, 1.165) is 60.0 Å². The topological polar surface area (TPSA) is 52.9 Å². The number of pyridine rings is 1. The van der Waals surface area contributed by atoms with Crippen LogP contribution < -0.4 is 10.2 Å². The minimum Gasteiger partial charge on any atom is -0.369 e. The van der Waals surface area contributed by atoms with E-state index >= 15 is 0 Å². The maximum atomic E-state index is 11.4. The zero-order chi connectivity index (χ0) is 24.4. The second-order valence-electron chi connectivity index (χ2n) is 9.62. The summed E-state index contributed by atoms with van der Waals surface area (Å²) in [5.41, 5.74) is 7.34. The number of ketones is 1. The zero-order valence-electron chi connectivity index (χ0n) is 20.7. The molecule has 0 amide bonds. The molecule has 2 aromatic heterocycles. The SMILES string of the molecule is CC(=O)Cc1ccc(-c2ccc(Nc3ccc(N4CCN(C(C)C)CC4)cc3)c3nccn23)cc1. The maximum Gasteiger partial charge on any atom is 0.161 e. The summed E-state index contributed by atoms with van der Waals surface area (Å²) in [7, 11) is 0. The second kappa shape index (κ2) is 9.92. The van der Waals surface area contributed by atoms with Gasteiger partial charge in [0.1, 0.15) is 5.78 Å². The Morgan fingerprint density at radius 3 is 2.31 bits per heavy atom. The van der Waals surface area contributed by atoms with Gasteiger partial charge in [0.25, 0.3) is 0 Å². The minimum absolute atomic E-state index is 0.173. The first-order valence-corrected chi connectivity index (χ1v) is 12.4. The second-order valence-corrected chi connectivity index (χ2v) is 9.62. The highest BCUT2D eigenvalue weighted by molar-refractivity contribution is 5.80. The third-order valence-corrected chi connectivity index (χ3v) is 6.81. The lowest BCUT2D eigenvalue weighted by molar-refractivity contribution is -0.116. The van der Waals surface area contributed by atoms with Gasteiger partial charge in [-0.25, -0.2) is 4.98 Å². The largest absolute Gasteiger partial charge is 0.369 e. The molecule has 0 spiro atoms. The van der Waals surface area contributed by atoms with Crippen molar-refractivity contribution in [2.24, 2.45) is 0 Å². The molecule has 180 valence electrons. The first-order valence-electron chi connectivity index (χ1n) is 12.4. The van der Waals surface area contributed by atoms with E-state index in [-0.39, 0.29) is 5.78 Å². The number of carbonyl (C=O) groups is 1. The molecule has 3 heterocycles. The van der Waals surface area contributed by atoms with Gasteiger partial charge in [0.15, 0.2) is 5.65 Å². The summed E-state index contributed by atoms with van der Waals surface area (Å²) < 4.78 is 2.10. The van der Waals surface area contributed by atoms with Crippen LogP contribution in [0.15, 0.2) is 73.1 Å². The number of Topliss-reactive ketones (excluding diaryl/α,β-unsaturated/α-hetero) is 1. The fraction of sp³-hybridized carbons (Fsp3) is 0.310. The Kier molecular flexibility index (Phi) is 6.55. The van der Waals surface area contributed by atoms with E-state index in [1.165, 1.54) is 5.69 Å². The van der Waals surface area contributed by atoms with Crippen LogP contribution in [0.4, 0.5) is 17.1 Å². The van der Waals surface area contributed by atoms with Gasteiger partial charge < -0.3 is 10.2 Å². The predicted octanol–water partition coefficient (Wildman–Crippen LogP) is 5.41. The average molecular weight is 468 g/mol. The van der Waals surface area contributed by atoms with Crippen LogP contribution in [0.5, 0.6) is 0 Å². The highest BCUT2D eigenvalue weighted by atomic mass is 16.1. The molecule has 1 saturated heterocycles.